The minimum Gasteiger partial charge on any atom is -0.356 e. The standard InChI is InChI=1S/C9H18O2/c1-7(2)9(3)6-5-8(10-4)11-9/h7-8H,5-6H2,1-4H3/t8?,9-/m0/s1. The first-order valence-electron chi connectivity index (χ1n) is 4.29. The Kier molecular flexibility index (Phi) is 2.55. The van der Waals surface area contributed by atoms with Crippen molar-refractivity contribution in [2.24, 2.45) is 5.92 Å². The lowest BCUT2D eigenvalue weighted by molar-refractivity contribution is -0.162. The zero-order valence-electron chi connectivity index (χ0n) is 7.89. The molecule has 0 aromatic carbocycles. The van der Waals surface area contributed by atoms with E-state index in [1.165, 1.54) is 0 Å². The molecule has 2 nitrogen and oxygen atoms in total. The fourth-order valence-electron chi connectivity index (χ4n) is 1.41. The Morgan fingerprint density at radius 1 is 1.55 bits per heavy atom. The summed E-state index contributed by atoms with van der Waals surface area (Å²) in [6.45, 7) is 6.55. The van der Waals surface area contributed by atoms with Crippen molar-refractivity contribution in [3.05, 3.63) is 0 Å². The Balaban J connectivity index is 2.50. The summed E-state index contributed by atoms with van der Waals surface area (Å²) in [6, 6.07) is 0. The summed E-state index contributed by atoms with van der Waals surface area (Å²) in [5.41, 5.74) is 0.0423. The Hall–Kier alpha value is -0.0800. The van der Waals surface area contributed by atoms with Crippen LogP contribution < -0.4 is 0 Å². The lowest BCUT2D eigenvalue weighted by atomic mass is 9.90. The first-order chi connectivity index (χ1) is 5.08. The molecule has 11 heavy (non-hydrogen) atoms. The number of hydrogen-bond acceptors (Lipinski definition) is 2. The molecule has 1 heterocycles. The molecule has 0 bridgehead atoms. The minimum atomic E-state index is 0.0300. The van der Waals surface area contributed by atoms with Crippen LogP contribution in [0.2, 0.25) is 0 Å². The van der Waals surface area contributed by atoms with Crippen molar-refractivity contribution in [3.8, 4) is 0 Å². The second-order valence-electron chi connectivity index (χ2n) is 3.79. The fourth-order valence-corrected chi connectivity index (χ4v) is 1.41. The molecule has 1 rings (SSSR count). The molecule has 2 heteroatoms. The predicted octanol–water partition coefficient (Wildman–Crippen LogP) is 2.18. The van der Waals surface area contributed by atoms with Gasteiger partial charge in [-0.3, -0.25) is 0 Å². The van der Waals surface area contributed by atoms with Crippen LogP contribution >= 0.6 is 0 Å². The van der Waals surface area contributed by atoms with E-state index in [2.05, 4.69) is 20.8 Å². The van der Waals surface area contributed by atoms with Crippen LogP contribution in [0, 0.1) is 5.92 Å². The molecule has 1 aliphatic rings. The normalized spacial score (nSPS) is 38.5. The van der Waals surface area contributed by atoms with Gasteiger partial charge in [-0.15, -0.1) is 0 Å². The van der Waals surface area contributed by atoms with Gasteiger partial charge in [0.1, 0.15) is 0 Å². The van der Waals surface area contributed by atoms with E-state index in [-0.39, 0.29) is 11.9 Å². The Bertz CT molecular complexity index is 134. The highest BCUT2D eigenvalue weighted by atomic mass is 16.7. The molecule has 1 aliphatic heterocycles. The summed E-state index contributed by atoms with van der Waals surface area (Å²) in [5.74, 6) is 0.572. The quantitative estimate of drug-likeness (QED) is 0.613. The van der Waals surface area contributed by atoms with Crippen LogP contribution in [0.15, 0.2) is 0 Å². The average molecular weight is 158 g/mol. The average Bonchev–Trinajstić information content (AvgIpc) is 2.33. The Labute approximate surface area is 68.9 Å². The van der Waals surface area contributed by atoms with Gasteiger partial charge in [0.15, 0.2) is 6.29 Å². The Morgan fingerprint density at radius 3 is 2.45 bits per heavy atom. The van der Waals surface area contributed by atoms with Crippen molar-refractivity contribution in [3.63, 3.8) is 0 Å². The summed E-state index contributed by atoms with van der Waals surface area (Å²) in [5, 5.41) is 0. The van der Waals surface area contributed by atoms with Crippen LogP contribution in [-0.4, -0.2) is 19.0 Å². The SMILES string of the molecule is COC1CC[C@@](C)(C(C)C)O1. The van der Waals surface area contributed by atoms with Crippen LogP contribution in [0.4, 0.5) is 0 Å². The molecule has 0 aromatic rings. The largest absolute Gasteiger partial charge is 0.356 e. The van der Waals surface area contributed by atoms with E-state index >= 15 is 0 Å². The zero-order chi connectivity index (χ0) is 8.48. The summed E-state index contributed by atoms with van der Waals surface area (Å²) in [4.78, 5) is 0. The van der Waals surface area contributed by atoms with E-state index in [1.807, 2.05) is 0 Å². The van der Waals surface area contributed by atoms with Gasteiger partial charge in [-0.05, 0) is 19.3 Å². The van der Waals surface area contributed by atoms with E-state index in [1.54, 1.807) is 7.11 Å². The van der Waals surface area contributed by atoms with Gasteiger partial charge in [-0.2, -0.15) is 0 Å². The van der Waals surface area contributed by atoms with E-state index in [0.717, 1.165) is 12.8 Å². The minimum absolute atomic E-state index is 0.0300. The van der Waals surface area contributed by atoms with Crippen LogP contribution in [0.25, 0.3) is 0 Å². The van der Waals surface area contributed by atoms with Gasteiger partial charge >= 0.3 is 0 Å². The first kappa shape index (κ1) is 9.01. The molecule has 2 atom stereocenters. The van der Waals surface area contributed by atoms with Crippen molar-refractivity contribution >= 4 is 0 Å². The molecule has 1 fully saturated rings. The van der Waals surface area contributed by atoms with Crippen molar-refractivity contribution < 1.29 is 9.47 Å². The van der Waals surface area contributed by atoms with Gasteiger partial charge in [0.25, 0.3) is 0 Å². The second kappa shape index (κ2) is 3.11. The third-order valence-corrected chi connectivity index (χ3v) is 2.76. The van der Waals surface area contributed by atoms with Crippen molar-refractivity contribution in [2.75, 3.05) is 7.11 Å². The van der Waals surface area contributed by atoms with E-state index in [0.29, 0.717) is 5.92 Å². The summed E-state index contributed by atoms with van der Waals surface area (Å²) in [6.07, 6.45) is 2.18. The zero-order valence-corrected chi connectivity index (χ0v) is 7.89. The monoisotopic (exact) mass is 158 g/mol. The highest BCUT2D eigenvalue weighted by molar-refractivity contribution is 4.84. The molecular formula is C9H18O2. The van der Waals surface area contributed by atoms with Crippen molar-refractivity contribution in [2.45, 2.75) is 45.5 Å². The number of rotatable bonds is 2. The molecule has 0 saturated carbocycles. The predicted molar refractivity (Wildman–Crippen MR) is 44.4 cm³/mol. The summed E-state index contributed by atoms with van der Waals surface area (Å²) in [7, 11) is 1.71. The van der Waals surface area contributed by atoms with Gasteiger partial charge in [-0.1, -0.05) is 13.8 Å². The fraction of sp³-hybridized carbons (Fsp3) is 1.00. The van der Waals surface area contributed by atoms with Crippen LogP contribution in [0.1, 0.15) is 33.6 Å². The third kappa shape index (κ3) is 1.74. The molecule has 0 spiro atoms. The molecular weight excluding hydrogens is 140 g/mol. The first-order valence-corrected chi connectivity index (χ1v) is 4.29. The van der Waals surface area contributed by atoms with Gasteiger partial charge in [0.2, 0.25) is 0 Å². The van der Waals surface area contributed by atoms with E-state index in [9.17, 15) is 0 Å². The maximum absolute atomic E-state index is 5.74. The topological polar surface area (TPSA) is 18.5 Å². The number of methoxy groups -OCH3 is 1. The highest BCUT2D eigenvalue weighted by Crippen LogP contribution is 2.35. The third-order valence-electron chi connectivity index (χ3n) is 2.76. The molecule has 1 unspecified atom stereocenters. The van der Waals surface area contributed by atoms with Gasteiger partial charge in [0, 0.05) is 13.5 Å². The second-order valence-corrected chi connectivity index (χ2v) is 3.79. The molecule has 0 aliphatic carbocycles. The molecule has 1 saturated heterocycles. The molecule has 0 amide bonds. The van der Waals surface area contributed by atoms with E-state index < -0.39 is 0 Å². The van der Waals surface area contributed by atoms with Crippen LogP contribution in [-0.2, 0) is 9.47 Å². The maximum atomic E-state index is 5.74. The summed E-state index contributed by atoms with van der Waals surface area (Å²) >= 11 is 0. The smallest absolute Gasteiger partial charge is 0.158 e. The molecule has 0 radical (unpaired) electrons. The maximum Gasteiger partial charge on any atom is 0.158 e. The number of ether oxygens (including phenoxy) is 2. The van der Waals surface area contributed by atoms with Crippen molar-refractivity contribution in [1.29, 1.82) is 0 Å². The van der Waals surface area contributed by atoms with Crippen LogP contribution in [0.3, 0.4) is 0 Å². The van der Waals surface area contributed by atoms with Gasteiger partial charge < -0.3 is 9.47 Å². The lowest BCUT2D eigenvalue weighted by Gasteiger charge is -2.28. The Morgan fingerprint density at radius 2 is 2.18 bits per heavy atom. The van der Waals surface area contributed by atoms with E-state index in [4.69, 9.17) is 9.47 Å². The number of hydrogen-bond donors (Lipinski definition) is 0. The molecule has 0 aromatic heterocycles. The molecule has 0 N–H and O–H groups in total. The van der Waals surface area contributed by atoms with Crippen molar-refractivity contribution in [1.82, 2.24) is 0 Å². The highest BCUT2D eigenvalue weighted by Gasteiger charge is 2.38. The summed E-state index contributed by atoms with van der Waals surface area (Å²) < 4.78 is 10.9. The van der Waals surface area contributed by atoms with Gasteiger partial charge in [0.05, 0.1) is 5.60 Å². The van der Waals surface area contributed by atoms with Gasteiger partial charge in [-0.25, -0.2) is 0 Å². The molecule has 66 valence electrons. The van der Waals surface area contributed by atoms with Crippen LogP contribution in [0.5, 0.6) is 0 Å². The lowest BCUT2D eigenvalue weighted by Crippen LogP contribution is -2.31.